The van der Waals surface area contributed by atoms with Crippen LogP contribution in [-0.4, -0.2) is 11.9 Å². The van der Waals surface area contributed by atoms with Crippen LogP contribution in [-0.2, 0) is 9.59 Å². The first kappa shape index (κ1) is 14.1. The molecular formula is C14H15BrNO3-. The lowest BCUT2D eigenvalue weighted by Gasteiger charge is -2.31. The van der Waals surface area contributed by atoms with E-state index in [1.54, 1.807) is 6.07 Å². The Labute approximate surface area is 120 Å². The second-order valence-electron chi connectivity index (χ2n) is 4.79. The summed E-state index contributed by atoms with van der Waals surface area (Å²) in [7, 11) is 0. The molecule has 1 amide bonds. The minimum Gasteiger partial charge on any atom is -0.550 e. The van der Waals surface area contributed by atoms with Gasteiger partial charge in [-0.15, -0.1) is 0 Å². The Hall–Kier alpha value is -1.36. The molecular weight excluding hydrogens is 310 g/mol. The molecule has 2 rings (SSSR count). The van der Waals surface area contributed by atoms with Crippen molar-refractivity contribution in [2.24, 2.45) is 11.8 Å². The summed E-state index contributed by atoms with van der Waals surface area (Å²) in [5.41, 5.74) is 0.662. The number of hydrogen-bond donors (Lipinski definition) is 1. The van der Waals surface area contributed by atoms with Gasteiger partial charge in [-0.3, -0.25) is 4.79 Å². The van der Waals surface area contributed by atoms with Crippen molar-refractivity contribution in [1.29, 1.82) is 0 Å². The normalized spacial score (nSPS) is 22.8. The number of carboxylic acid groups (broad SMARTS) is 1. The molecule has 1 aromatic carbocycles. The number of carboxylic acids is 1. The maximum atomic E-state index is 12.2. The fourth-order valence-electron chi connectivity index (χ4n) is 2.51. The van der Waals surface area contributed by atoms with Crippen molar-refractivity contribution in [2.45, 2.75) is 25.7 Å². The highest BCUT2D eigenvalue weighted by Crippen LogP contribution is 2.31. The van der Waals surface area contributed by atoms with E-state index in [1.165, 1.54) is 0 Å². The quantitative estimate of drug-likeness (QED) is 0.923. The highest BCUT2D eigenvalue weighted by Gasteiger charge is 2.31. The van der Waals surface area contributed by atoms with Crippen LogP contribution in [0.4, 0.5) is 5.69 Å². The number of amides is 1. The predicted octanol–water partition coefficient (Wildman–Crippen LogP) is 1.94. The molecule has 1 aromatic rings. The molecule has 0 heterocycles. The number of carbonyl (C=O) groups excluding carboxylic acids is 2. The van der Waals surface area contributed by atoms with Gasteiger partial charge >= 0.3 is 0 Å². The van der Waals surface area contributed by atoms with Crippen molar-refractivity contribution in [3.63, 3.8) is 0 Å². The van der Waals surface area contributed by atoms with Gasteiger partial charge < -0.3 is 15.2 Å². The van der Waals surface area contributed by atoms with Crippen LogP contribution in [0.15, 0.2) is 28.7 Å². The number of hydrogen-bond acceptors (Lipinski definition) is 3. The molecule has 0 saturated heterocycles. The summed E-state index contributed by atoms with van der Waals surface area (Å²) < 4.78 is 0.782. The smallest absolute Gasteiger partial charge is 0.228 e. The number of nitrogens with one attached hydrogen (secondary N) is 1. The summed E-state index contributed by atoms with van der Waals surface area (Å²) in [6.07, 6.45) is 2.86. The summed E-state index contributed by atoms with van der Waals surface area (Å²) in [6.45, 7) is 0. The Morgan fingerprint density at radius 1 is 1.16 bits per heavy atom. The zero-order valence-electron chi connectivity index (χ0n) is 10.4. The van der Waals surface area contributed by atoms with Crippen molar-refractivity contribution in [1.82, 2.24) is 0 Å². The van der Waals surface area contributed by atoms with Gasteiger partial charge in [0.2, 0.25) is 5.91 Å². The number of aliphatic carboxylic acids is 1. The fourth-order valence-corrected chi connectivity index (χ4v) is 2.90. The Bertz CT molecular complexity index is 489. The molecule has 1 fully saturated rings. The molecule has 1 saturated carbocycles. The molecule has 0 radical (unpaired) electrons. The van der Waals surface area contributed by atoms with E-state index in [-0.39, 0.29) is 5.91 Å². The second-order valence-corrected chi connectivity index (χ2v) is 5.64. The Morgan fingerprint density at radius 3 is 2.42 bits per heavy atom. The monoisotopic (exact) mass is 324 g/mol. The lowest BCUT2D eigenvalue weighted by atomic mass is 9.78. The van der Waals surface area contributed by atoms with E-state index in [2.05, 4.69) is 21.2 Å². The van der Waals surface area contributed by atoms with Gasteiger partial charge in [0.1, 0.15) is 0 Å². The molecule has 0 aliphatic heterocycles. The fraction of sp³-hybridized carbons (Fsp3) is 0.429. The topological polar surface area (TPSA) is 69.2 Å². The van der Waals surface area contributed by atoms with E-state index in [0.717, 1.165) is 17.3 Å². The lowest BCUT2D eigenvalue weighted by molar-refractivity contribution is -0.313. The zero-order chi connectivity index (χ0) is 13.8. The van der Waals surface area contributed by atoms with Gasteiger partial charge in [-0.25, -0.2) is 0 Å². The van der Waals surface area contributed by atoms with Gasteiger partial charge in [0.15, 0.2) is 0 Å². The van der Waals surface area contributed by atoms with E-state index < -0.39 is 17.8 Å². The van der Waals surface area contributed by atoms with E-state index in [4.69, 9.17) is 0 Å². The molecule has 0 unspecified atom stereocenters. The minimum atomic E-state index is -1.12. The van der Waals surface area contributed by atoms with Crippen LogP contribution < -0.4 is 10.4 Å². The summed E-state index contributed by atoms with van der Waals surface area (Å²) in [6, 6.07) is 7.27. The summed E-state index contributed by atoms with van der Waals surface area (Å²) in [4.78, 5) is 23.3. The van der Waals surface area contributed by atoms with Crippen molar-refractivity contribution in [3.8, 4) is 0 Å². The van der Waals surface area contributed by atoms with Crippen molar-refractivity contribution >= 4 is 33.5 Å². The first-order chi connectivity index (χ1) is 9.09. The molecule has 1 aliphatic rings. The molecule has 19 heavy (non-hydrogen) atoms. The molecule has 1 aliphatic carbocycles. The van der Waals surface area contributed by atoms with Crippen molar-refractivity contribution < 1.29 is 14.7 Å². The van der Waals surface area contributed by atoms with Crippen LogP contribution in [0.25, 0.3) is 0 Å². The van der Waals surface area contributed by atoms with Gasteiger partial charge in [0, 0.05) is 22.3 Å². The van der Waals surface area contributed by atoms with E-state index in [1.807, 2.05) is 18.2 Å². The first-order valence-electron chi connectivity index (χ1n) is 6.36. The number of anilines is 1. The molecule has 0 spiro atoms. The van der Waals surface area contributed by atoms with Crippen molar-refractivity contribution in [2.75, 3.05) is 5.32 Å². The number of rotatable bonds is 3. The summed E-state index contributed by atoms with van der Waals surface area (Å²) >= 11 is 3.35. The molecule has 0 aromatic heterocycles. The Kier molecular flexibility index (Phi) is 4.58. The third kappa shape index (κ3) is 3.35. The highest BCUT2D eigenvalue weighted by molar-refractivity contribution is 9.10. The molecule has 2 atom stereocenters. The van der Waals surface area contributed by atoms with Crippen LogP contribution in [0.1, 0.15) is 25.7 Å². The minimum absolute atomic E-state index is 0.235. The second kappa shape index (κ2) is 6.19. The number of benzene rings is 1. The number of para-hydroxylation sites is 1. The third-order valence-corrected chi connectivity index (χ3v) is 4.23. The van der Waals surface area contributed by atoms with Crippen molar-refractivity contribution in [3.05, 3.63) is 28.7 Å². The number of carbonyl (C=O) groups is 2. The third-order valence-electron chi connectivity index (χ3n) is 3.54. The summed E-state index contributed by atoms with van der Waals surface area (Å²) in [5.74, 6) is -2.52. The van der Waals surface area contributed by atoms with E-state index in [9.17, 15) is 14.7 Å². The first-order valence-corrected chi connectivity index (χ1v) is 7.15. The maximum Gasteiger partial charge on any atom is 0.228 e. The van der Waals surface area contributed by atoms with Gasteiger partial charge in [0.25, 0.3) is 0 Å². The van der Waals surface area contributed by atoms with E-state index in [0.29, 0.717) is 18.5 Å². The largest absolute Gasteiger partial charge is 0.550 e. The van der Waals surface area contributed by atoms with Gasteiger partial charge in [-0.1, -0.05) is 25.0 Å². The zero-order valence-corrected chi connectivity index (χ0v) is 12.0. The lowest BCUT2D eigenvalue weighted by Crippen LogP contribution is -2.42. The maximum absolute atomic E-state index is 12.2. The molecule has 4 nitrogen and oxygen atoms in total. The van der Waals surface area contributed by atoms with Crippen LogP contribution >= 0.6 is 15.9 Å². The molecule has 5 heteroatoms. The average molecular weight is 325 g/mol. The van der Waals surface area contributed by atoms with Crippen LogP contribution in [0.5, 0.6) is 0 Å². The van der Waals surface area contributed by atoms with Crippen LogP contribution in [0.2, 0.25) is 0 Å². The van der Waals surface area contributed by atoms with Gasteiger partial charge in [0.05, 0.1) is 5.69 Å². The van der Waals surface area contributed by atoms with Gasteiger partial charge in [-0.05, 0) is 40.9 Å². The van der Waals surface area contributed by atoms with Crippen LogP contribution in [0, 0.1) is 11.8 Å². The van der Waals surface area contributed by atoms with E-state index >= 15 is 0 Å². The summed E-state index contributed by atoms with van der Waals surface area (Å²) in [5, 5.41) is 13.9. The standard InChI is InChI=1S/C14H16BrNO3/c15-11-7-3-4-8-12(11)16-13(17)9-5-1-2-6-10(9)14(18)19/h3-4,7-10H,1-2,5-6H2,(H,16,17)(H,18,19)/p-1/t9-,10+/m1/s1. The molecule has 1 N–H and O–H groups in total. The molecule has 102 valence electrons. The Balaban J connectivity index is 2.10. The number of halogens is 1. The molecule has 0 bridgehead atoms. The highest BCUT2D eigenvalue weighted by atomic mass is 79.9. The Morgan fingerprint density at radius 2 is 1.79 bits per heavy atom. The predicted molar refractivity (Wildman–Crippen MR) is 73.2 cm³/mol. The SMILES string of the molecule is O=C([O-])[C@H]1CCCC[C@H]1C(=O)Nc1ccccc1Br. The van der Waals surface area contributed by atoms with Gasteiger partial charge in [-0.2, -0.15) is 0 Å². The average Bonchev–Trinajstić information content (AvgIpc) is 2.41. The van der Waals surface area contributed by atoms with Crippen LogP contribution in [0.3, 0.4) is 0 Å².